The Balaban J connectivity index is 1.01. The van der Waals surface area contributed by atoms with Crippen molar-refractivity contribution in [1.82, 2.24) is 4.57 Å². The minimum atomic E-state index is 1.09. The molecule has 64 heavy (non-hydrogen) atoms. The second kappa shape index (κ2) is 15.8. The summed E-state index contributed by atoms with van der Waals surface area (Å²) in [6.45, 7) is 0. The number of hydrogen-bond donors (Lipinski definition) is 0. The van der Waals surface area contributed by atoms with Gasteiger partial charge in [-0.2, -0.15) is 0 Å². The van der Waals surface area contributed by atoms with Crippen molar-refractivity contribution in [1.29, 1.82) is 0 Å². The number of hydrogen-bond acceptors (Lipinski definition) is 1. The van der Waals surface area contributed by atoms with Crippen LogP contribution in [-0.2, 0) is 0 Å². The molecule has 2 nitrogen and oxygen atoms in total. The fraction of sp³-hybridized carbons (Fsp3) is 0. The molecule has 0 amide bonds. The third-order valence-electron chi connectivity index (χ3n) is 12.8. The van der Waals surface area contributed by atoms with Crippen LogP contribution in [0.3, 0.4) is 0 Å². The summed E-state index contributed by atoms with van der Waals surface area (Å²) in [5.41, 5.74) is 16.4. The van der Waals surface area contributed by atoms with E-state index in [-0.39, 0.29) is 0 Å². The maximum absolute atomic E-state index is 2.45. The highest BCUT2D eigenvalue weighted by molar-refractivity contribution is 6.24. The summed E-state index contributed by atoms with van der Waals surface area (Å²) < 4.78 is 2.45. The van der Waals surface area contributed by atoms with Crippen molar-refractivity contribution in [2.45, 2.75) is 0 Å². The molecule has 0 radical (unpaired) electrons. The standard InChI is InChI=1S/C62H42N2/c1-3-15-43(16-4-1)44-29-31-45(32-30-44)46-33-37-52(38-34-46)63(53-39-35-48(36-40-53)56-27-14-19-47-17-7-9-24-55(47)56)54-23-13-20-49(41-54)59-42-50-18-8-10-25-57(50)62-61(59)58-26-11-12-28-60(58)64(62)51-21-5-2-6-22-51/h1-42H. The van der Waals surface area contributed by atoms with E-state index < -0.39 is 0 Å². The van der Waals surface area contributed by atoms with E-state index in [1.165, 1.54) is 82.3 Å². The Morgan fingerprint density at radius 3 is 1.48 bits per heavy atom. The van der Waals surface area contributed by atoms with Gasteiger partial charge in [0.25, 0.3) is 0 Å². The lowest BCUT2D eigenvalue weighted by Gasteiger charge is -2.26. The van der Waals surface area contributed by atoms with Crippen LogP contribution in [0.1, 0.15) is 0 Å². The first-order valence-corrected chi connectivity index (χ1v) is 22.0. The molecule has 1 heterocycles. The van der Waals surface area contributed by atoms with Gasteiger partial charge < -0.3 is 9.47 Å². The van der Waals surface area contributed by atoms with Gasteiger partial charge in [-0.05, 0) is 121 Å². The van der Waals surface area contributed by atoms with Crippen LogP contribution in [0.15, 0.2) is 255 Å². The van der Waals surface area contributed by atoms with E-state index in [9.17, 15) is 0 Å². The smallest absolute Gasteiger partial charge is 0.0625 e. The fourth-order valence-corrected chi connectivity index (χ4v) is 9.72. The van der Waals surface area contributed by atoms with Gasteiger partial charge in [-0.25, -0.2) is 0 Å². The first kappa shape index (κ1) is 37.3. The molecule has 1 aromatic heterocycles. The van der Waals surface area contributed by atoms with Gasteiger partial charge in [-0.15, -0.1) is 0 Å². The normalized spacial score (nSPS) is 11.4. The van der Waals surface area contributed by atoms with Crippen LogP contribution in [0.25, 0.3) is 93.5 Å². The lowest BCUT2D eigenvalue weighted by atomic mass is 9.94. The SMILES string of the molecule is c1ccc(-c2ccc(-c3ccc(N(c4ccc(-c5cccc6ccccc56)cc4)c4cccc(-c5cc6ccccc6c6c5c5ccccc5n6-c5ccccc5)c4)cc3)cc2)cc1. The second-order valence-electron chi connectivity index (χ2n) is 16.5. The van der Waals surface area contributed by atoms with E-state index in [2.05, 4.69) is 264 Å². The lowest BCUT2D eigenvalue weighted by Crippen LogP contribution is -2.10. The van der Waals surface area contributed by atoms with Gasteiger partial charge in [-0.3, -0.25) is 0 Å². The first-order chi connectivity index (χ1) is 31.7. The number of anilines is 3. The Bertz CT molecular complexity index is 3620. The Labute approximate surface area is 373 Å². The van der Waals surface area contributed by atoms with Crippen molar-refractivity contribution in [2.24, 2.45) is 0 Å². The maximum atomic E-state index is 2.45. The third kappa shape index (κ3) is 6.52. The average molecular weight is 815 g/mol. The maximum Gasteiger partial charge on any atom is 0.0625 e. The number of para-hydroxylation sites is 2. The molecule has 0 aliphatic rings. The monoisotopic (exact) mass is 814 g/mol. The largest absolute Gasteiger partial charge is 0.310 e. The van der Waals surface area contributed by atoms with E-state index in [0.717, 1.165) is 28.3 Å². The average Bonchev–Trinajstić information content (AvgIpc) is 3.73. The number of rotatable bonds is 8. The van der Waals surface area contributed by atoms with Crippen LogP contribution in [-0.4, -0.2) is 4.57 Å². The molecule has 0 aliphatic heterocycles. The van der Waals surface area contributed by atoms with E-state index >= 15 is 0 Å². The van der Waals surface area contributed by atoms with Gasteiger partial charge in [0.15, 0.2) is 0 Å². The molecular formula is C62H42N2. The Kier molecular flexibility index (Phi) is 9.20. The van der Waals surface area contributed by atoms with Crippen LogP contribution in [0, 0.1) is 0 Å². The highest BCUT2D eigenvalue weighted by Crippen LogP contribution is 2.45. The van der Waals surface area contributed by atoms with E-state index in [1.54, 1.807) is 0 Å². The van der Waals surface area contributed by atoms with Crippen molar-refractivity contribution in [3.63, 3.8) is 0 Å². The topological polar surface area (TPSA) is 8.17 Å². The molecule has 300 valence electrons. The van der Waals surface area contributed by atoms with E-state index in [0.29, 0.717) is 0 Å². The van der Waals surface area contributed by atoms with Crippen LogP contribution in [0.5, 0.6) is 0 Å². The van der Waals surface area contributed by atoms with Crippen LogP contribution in [0.4, 0.5) is 17.1 Å². The van der Waals surface area contributed by atoms with Crippen molar-refractivity contribution in [3.05, 3.63) is 255 Å². The predicted molar refractivity (Wildman–Crippen MR) is 272 cm³/mol. The van der Waals surface area contributed by atoms with Gasteiger partial charge >= 0.3 is 0 Å². The molecule has 0 unspecified atom stereocenters. The third-order valence-corrected chi connectivity index (χ3v) is 12.8. The molecule has 0 saturated carbocycles. The molecule has 0 fully saturated rings. The summed E-state index contributed by atoms with van der Waals surface area (Å²) in [5.74, 6) is 0. The summed E-state index contributed by atoms with van der Waals surface area (Å²) in [4.78, 5) is 2.39. The molecular weight excluding hydrogens is 773 g/mol. The van der Waals surface area contributed by atoms with Gasteiger partial charge in [0, 0.05) is 38.9 Å². The highest BCUT2D eigenvalue weighted by atomic mass is 15.1. The fourth-order valence-electron chi connectivity index (χ4n) is 9.72. The van der Waals surface area contributed by atoms with Gasteiger partial charge in [0.2, 0.25) is 0 Å². The molecule has 0 atom stereocenters. The van der Waals surface area contributed by atoms with E-state index in [4.69, 9.17) is 0 Å². The quantitative estimate of drug-likeness (QED) is 0.148. The van der Waals surface area contributed by atoms with Gasteiger partial charge in [-0.1, -0.05) is 194 Å². The van der Waals surface area contributed by atoms with Crippen molar-refractivity contribution < 1.29 is 0 Å². The molecule has 0 bridgehead atoms. The molecule has 0 N–H and O–H groups in total. The van der Waals surface area contributed by atoms with Crippen LogP contribution < -0.4 is 4.90 Å². The minimum Gasteiger partial charge on any atom is -0.310 e. The summed E-state index contributed by atoms with van der Waals surface area (Å²) in [5, 5.41) is 7.44. The number of aromatic nitrogens is 1. The predicted octanol–water partition coefficient (Wildman–Crippen LogP) is 17.2. The molecule has 12 aromatic rings. The molecule has 0 saturated heterocycles. The molecule has 12 rings (SSSR count). The summed E-state index contributed by atoms with van der Waals surface area (Å²) in [6, 6.07) is 92.6. The molecule has 0 aliphatic carbocycles. The second-order valence-corrected chi connectivity index (χ2v) is 16.5. The van der Waals surface area contributed by atoms with Crippen molar-refractivity contribution >= 4 is 60.4 Å². The number of benzene rings is 11. The molecule has 11 aromatic carbocycles. The zero-order valence-corrected chi connectivity index (χ0v) is 35.1. The Morgan fingerprint density at radius 1 is 0.281 bits per heavy atom. The van der Waals surface area contributed by atoms with Crippen LogP contribution >= 0.6 is 0 Å². The zero-order chi connectivity index (χ0) is 42.4. The van der Waals surface area contributed by atoms with E-state index in [1.807, 2.05) is 0 Å². The van der Waals surface area contributed by atoms with Gasteiger partial charge in [0.05, 0.1) is 11.0 Å². The number of nitrogens with zero attached hydrogens (tertiary/aromatic N) is 2. The summed E-state index contributed by atoms with van der Waals surface area (Å²) in [6.07, 6.45) is 0. The Morgan fingerprint density at radius 2 is 0.781 bits per heavy atom. The summed E-state index contributed by atoms with van der Waals surface area (Å²) >= 11 is 0. The highest BCUT2D eigenvalue weighted by Gasteiger charge is 2.21. The lowest BCUT2D eigenvalue weighted by molar-refractivity contribution is 1.19. The van der Waals surface area contributed by atoms with Crippen LogP contribution in [0.2, 0.25) is 0 Å². The van der Waals surface area contributed by atoms with Crippen molar-refractivity contribution in [3.8, 4) is 50.2 Å². The van der Waals surface area contributed by atoms with Crippen molar-refractivity contribution in [2.75, 3.05) is 4.90 Å². The first-order valence-electron chi connectivity index (χ1n) is 22.0. The molecule has 2 heteroatoms. The zero-order valence-electron chi connectivity index (χ0n) is 35.1. The Hall–Kier alpha value is -8.46. The summed E-state index contributed by atoms with van der Waals surface area (Å²) in [7, 11) is 0. The molecule has 0 spiro atoms. The minimum absolute atomic E-state index is 1.09. The van der Waals surface area contributed by atoms with Gasteiger partial charge in [0.1, 0.15) is 0 Å². The number of fused-ring (bicyclic) bond motifs is 6.